The maximum atomic E-state index is 5.09. The lowest BCUT2D eigenvalue weighted by molar-refractivity contribution is 0.879. The molecule has 0 amide bonds. The van der Waals surface area contributed by atoms with Gasteiger partial charge in [0.2, 0.25) is 5.13 Å². The van der Waals surface area contributed by atoms with Crippen molar-refractivity contribution < 1.29 is 0 Å². The second kappa shape index (κ2) is 9.25. The highest BCUT2D eigenvalue weighted by molar-refractivity contribution is 7.20. The summed E-state index contributed by atoms with van der Waals surface area (Å²) in [5.74, 6) is 0. The predicted molar refractivity (Wildman–Crippen MR) is 155 cm³/mol. The number of rotatable bonds is 5. The summed E-state index contributed by atoms with van der Waals surface area (Å²) in [6.45, 7) is 2.11. The zero-order valence-electron chi connectivity index (χ0n) is 20.7. The van der Waals surface area contributed by atoms with Gasteiger partial charge in [0.25, 0.3) is 0 Å². The lowest BCUT2D eigenvalue weighted by atomic mass is 10.0. The van der Waals surface area contributed by atoms with Crippen molar-refractivity contribution in [1.82, 2.24) is 24.5 Å². The Morgan fingerprint density at radius 2 is 1.37 bits per heavy atom. The first kappa shape index (κ1) is 22.4. The molecule has 7 rings (SSSR count). The minimum Gasteiger partial charge on any atom is -0.240 e. The molecule has 6 heteroatoms. The fourth-order valence-electron chi connectivity index (χ4n) is 4.66. The number of aromatic nitrogens is 5. The second-order valence-electron chi connectivity index (χ2n) is 9.20. The summed E-state index contributed by atoms with van der Waals surface area (Å²) in [6, 6.07) is 39.3. The van der Waals surface area contributed by atoms with Crippen molar-refractivity contribution >= 4 is 21.6 Å². The van der Waals surface area contributed by atoms with E-state index < -0.39 is 0 Å². The van der Waals surface area contributed by atoms with Crippen LogP contribution in [0.1, 0.15) is 5.56 Å². The molecule has 0 fully saturated rings. The van der Waals surface area contributed by atoms with Gasteiger partial charge in [-0.3, -0.25) is 0 Å². The topological polar surface area (TPSA) is 48.5 Å². The Kier molecular flexibility index (Phi) is 5.45. The van der Waals surface area contributed by atoms with Crippen molar-refractivity contribution in [1.29, 1.82) is 0 Å². The molecule has 3 aromatic heterocycles. The van der Waals surface area contributed by atoms with Gasteiger partial charge in [-0.25, -0.2) is 14.3 Å². The van der Waals surface area contributed by atoms with Gasteiger partial charge in [0, 0.05) is 22.9 Å². The molecule has 4 aromatic carbocycles. The predicted octanol–water partition coefficient (Wildman–Crippen LogP) is 7.98. The monoisotopic (exact) mass is 509 g/mol. The molecule has 5 nitrogen and oxygen atoms in total. The molecule has 0 aliphatic carbocycles. The van der Waals surface area contributed by atoms with Gasteiger partial charge in [-0.05, 0) is 42.8 Å². The minimum atomic E-state index is 0.828. The highest BCUT2D eigenvalue weighted by atomic mass is 32.1. The number of thiazole rings is 1. The van der Waals surface area contributed by atoms with E-state index >= 15 is 0 Å². The lowest BCUT2D eigenvalue weighted by Gasteiger charge is -2.04. The third kappa shape index (κ3) is 4.01. The number of fused-ring (bicyclic) bond motifs is 1. The van der Waals surface area contributed by atoms with Crippen molar-refractivity contribution in [2.75, 3.05) is 0 Å². The summed E-state index contributed by atoms with van der Waals surface area (Å²) in [4.78, 5) is 4.98. The Morgan fingerprint density at radius 3 is 2.11 bits per heavy atom. The summed E-state index contributed by atoms with van der Waals surface area (Å²) < 4.78 is 5.06. The van der Waals surface area contributed by atoms with Crippen LogP contribution in [0.15, 0.2) is 121 Å². The third-order valence-electron chi connectivity index (χ3n) is 6.55. The number of para-hydroxylation sites is 1. The fraction of sp³-hybridized carbons (Fsp3) is 0.0312. The third-order valence-corrected chi connectivity index (χ3v) is 7.54. The maximum absolute atomic E-state index is 5.09. The molecule has 0 unspecified atom stereocenters. The number of hydrogen-bond acceptors (Lipinski definition) is 4. The van der Waals surface area contributed by atoms with Gasteiger partial charge in [-0.2, -0.15) is 10.2 Å². The molecule has 0 saturated carbocycles. The van der Waals surface area contributed by atoms with Crippen LogP contribution in [0, 0.1) is 6.92 Å². The molecule has 0 radical (unpaired) electrons. The van der Waals surface area contributed by atoms with Gasteiger partial charge in [0.05, 0.1) is 27.3 Å². The zero-order chi connectivity index (χ0) is 25.5. The van der Waals surface area contributed by atoms with Gasteiger partial charge < -0.3 is 0 Å². The molecule has 0 N–H and O–H groups in total. The largest absolute Gasteiger partial charge is 0.240 e. The SMILES string of the molecule is Cc1ccc2nc(-n3nc(-c4ccccc4)cc3-c3cn(-c4ccccc4)nc3-c3ccccc3)sc2c1. The Labute approximate surface area is 224 Å². The van der Waals surface area contributed by atoms with E-state index in [1.165, 1.54) is 5.56 Å². The summed E-state index contributed by atoms with van der Waals surface area (Å²) in [5, 5.41) is 11.0. The van der Waals surface area contributed by atoms with Gasteiger partial charge in [-0.15, -0.1) is 0 Å². The van der Waals surface area contributed by atoms with E-state index in [1.54, 1.807) is 11.3 Å². The molecule has 0 atom stereocenters. The summed E-state index contributed by atoms with van der Waals surface area (Å²) in [5.41, 5.74) is 9.02. The van der Waals surface area contributed by atoms with E-state index in [0.29, 0.717) is 0 Å². The molecule has 0 saturated heterocycles. The Bertz CT molecular complexity index is 1870. The number of nitrogens with zero attached hydrogens (tertiary/aromatic N) is 5. The molecule has 3 heterocycles. The van der Waals surface area contributed by atoms with Gasteiger partial charge >= 0.3 is 0 Å². The Morgan fingerprint density at radius 1 is 0.684 bits per heavy atom. The maximum Gasteiger partial charge on any atom is 0.212 e. The van der Waals surface area contributed by atoms with Crippen molar-refractivity contribution in [2.24, 2.45) is 0 Å². The quantitative estimate of drug-likeness (QED) is 0.236. The zero-order valence-corrected chi connectivity index (χ0v) is 21.5. The van der Waals surface area contributed by atoms with Gasteiger partial charge in [-0.1, -0.05) is 96.3 Å². The summed E-state index contributed by atoms with van der Waals surface area (Å²) in [7, 11) is 0. The molecule has 0 spiro atoms. The van der Waals surface area contributed by atoms with Crippen LogP contribution >= 0.6 is 11.3 Å². The highest BCUT2D eigenvalue weighted by Gasteiger charge is 2.22. The van der Waals surface area contributed by atoms with E-state index in [-0.39, 0.29) is 0 Å². The van der Waals surface area contributed by atoms with Crippen LogP contribution < -0.4 is 0 Å². The van der Waals surface area contributed by atoms with E-state index in [4.69, 9.17) is 15.2 Å². The van der Waals surface area contributed by atoms with Crippen molar-refractivity contribution in [2.45, 2.75) is 6.92 Å². The Hall–Kier alpha value is -4.81. The van der Waals surface area contributed by atoms with Crippen LogP contribution in [-0.2, 0) is 0 Å². The number of hydrogen-bond donors (Lipinski definition) is 0. The van der Waals surface area contributed by atoms with E-state index in [9.17, 15) is 0 Å². The smallest absolute Gasteiger partial charge is 0.212 e. The molecule has 0 bridgehead atoms. The van der Waals surface area contributed by atoms with E-state index in [0.717, 1.165) is 54.8 Å². The minimum absolute atomic E-state index is 0.828. The Balaban J connectivity index is 1.49. The van der Waals surface area contributed by atoms with Crippen molar-refractivity contribution in [3.8, 4) is 44.6 Å². The number of benzene rings is 4. The molecular weight excluding hydrogens is 486 g/mol. The summed E-state index contributed by atoms with van der Waals surface area (Å²) >= 11 is 1.65. The van der Waals surface area contributed by atoms with Gasteiger partial charge in [0.1, 0.15) is 5.69 Å². The van der Waals surface area contributed by atoms with Crippen LogP contribution in [0.3, 0.4) is 0 Å². The standard InChI is InChI=1S/C32H23N5S/c1-22-17-18-27-30(19-22)38-32(33-27)37-29(20-28(34-37)23-11-5-2-6-12-23)26-21-36(25-15-9-4-10-16-25)35-31(26)24-13-7-3-8-14-24/h2-21H,1H3. The molecule has 0 aliphatic rings. The van der Waals surface area contributed by atoms with Crippen molar-refractivity contribution in [3.05, 3.63) is 127 Å². The van der Waals surface area contributed by atoms with E-state index in [1.807, 2.05) is 64.0 Å². The van der Waals surface area contributed by atoms with Crippen LogP contribution in [-0.4, -0.2) is 24.5 Å². The van der Waals surface area contributed by atoms with Gasteiger partial charge in [0.15, 0.2) is 0 Å². The van der Waals surface area contributed by atoms with Crippen molar-refractivity contribution in [3.63, 3.8) is 0 Å². The summed E-state index contributed by atoms with van der Waals surface area (Å²) in [6.07, 6.45) is 2.09. The average Bonchev–Trinajstić information content (AvgIpc) is 3.71. The van der Waals surface area contributed by atoms with E-state index in [2.05, 4.69) is 73.8 Å². The number of aryl methyl sites for hydroxylation is 1. The molecule has 7 aromatic rings. The first-order valence-corrected chi connectivity index (χ1v) is 13.3. The highest BCUT2D eigenvalue weighted by Crippen LogP contribution is 2.37. The molecule has 0 aliphatic heterocycles. The molecule has 182 valence electrons. The average molecular weight is 510 g/mol. The van der Waals surface area contributed by atoms with Crippen LogP contribution in [0.4, 0.5) is 0 Å². The second-order valence-corrected chi connectivity index (χ2v) is 10.2. The first-order valence-electron chi connectivity index (χ1n) is 12.5. The lowest BCUT2D eigenvalue weighted by Crippen LogP contribution is -1.99. The van der Waals surface area contributed by atoms with Crippen LogP contribution in [0.5, 0.6) is 0 Å². The molecular formula is C32H23N5S. The van der Waals surface area contributed by atoms with Crippen LogP contribution in [0.25, 0.3) is 54.8 Å². The first-order chi connectivity index (χ1) is 18.7. The van der Waals surface area contributed by atoms with Crippen LogP contribution in [0.2, 0.25) is 0 Å². The molecule has 38 heavy (non-hydrogen) atoms. The normalized spacial score (nSPS) is 11.3. The fourth-order valence-corrected chi connectivity index (χ4v) is 5.69.